The Bertz CT molecular complexity index is 800. The maximum atomic E-state index is 12.3. The zero-order valence-electron chi connectivity index (χ0n) is 14.8. The molecular weight excluding hydrogens is 330 g/mol. The van der Waals surface area contributed by atoms with Crippen LogP contribution in [-0.2, 0) is 11.3 Å². The number of nitrogens with two attached hydrogens (primary N) is 1. The summed E-state index contributed by atoms with van der Waals surface area (Å²) >= 11 is 0. The second-order valence-corrected chi connectivity index (χ2v) is 6.58. The lowest BCUT2D eigenvalue weighted by Gasteiger charge is -2.32. The Hall–Kier alpha value is -2.96. The molecule has 0 spiro atoms. The number of rotatable bonds is 5. The smallest absolute Gasteiger partial charge is 0.253 e. The van der Waals surface area contributed by atoms with Gasteiger partial charge in [-0.2, -0.15) is 0 Å². The third-order valence-corrected chi connectivity index (χ3v) is 4.64. The van der Waals surface area contributed by atoms with Crippen molar-refractivity contribution >= 4 is 17.6 Å². The molecule has 1 aliphatic heterocycles. The lowest BCUT2D eigenvalue weighted by molar-refractivity contribution is -0.122. The molecule has 0 radical (unpaired) electrons. The zero-order valence-corrected chi connectivity index (χ0v) is 14.8. The number of pyridine rings is 2. The van der Waals surface area contributed by atoms with Crippen molar-refractivity contribution in [2.45, 2.75) is 26.3 Å². The van der Waals surface area contributed by atoms with Crippen LogP contribution in [0, 0.1) is 12.8 Å². The summed E-state index contributed by atoms with van der Waals surface area (Å²) in [5.41, 5.74) is 7.83. The molecule has 3 N–H and O–H groups in total. The Labute approximate surface area is 152 Å². The molecule has 1 saturated heterocycles. The fraction of sp³-hybridized carbons (Fsp3) is 0.368. The van der Waals surface area contributed by atoms with Crippen LogP contribution in [0.15, 0.2) is 36.8 Å². The minimum atomic E-state index is -0.232. The molecule has 26 heavy (non-hydrogen) atoms. The van der Waals surface area contributed by atoms with E-state index >= 15 is 0 Å². The van der Waals surface area contributed by atoms with Gasteiger partial charge in [-0.1, -0.05) is 6.07 Å². The van der Waals surface area contributed by atoms with E-state index in [1.54, 1.807) is 24.7 Å². The molecule has 0 aromatic carbocycles. The van der Waals surface area contributed by atoms with E-state index in [-0.39, 0.29) is 17.7 Å². The SMILES string of the molecule is Cc1cncc(C(=O)NCc2cccnc2N2CCC(C(N)=O)CC2)c1. The number of nitrogens with one attached hydrogen (secondary N) is 1. The van der Waals surface area contributed by atoms with Crippen molar-refractivity contribution < 1.29 is 9.59 Å². The highest BCUT2D eigenvalue weighted by atomic mass is 16.2. The fourth-order valence-electron chi connectivity index (χ4n) is 3.19. The maximum absolute atomic E-state index is 12.3. The van der Waals surface area contributed by atoms with Crippen molar-refractivity contribution in [2.24, 2.45) is 11.7 Å². The van der Waals surface area contributed by atoms with Crippen LogP contribution >= 0.6 is 0 Å². The summed E-state index contributed by atoms with van der Waals surface area (Å²) in [6.45, 7) is 3.74. The number of amides is 2. The summed E-state index contributed by atoms with van der Waals surface area (Å²) in [5.74, 6) is 0.387. The van der Waals surface area contributed by atoms with Crippen LogP contribution in [-0.4, -0.2) is 34.9 Å². The molecule has 0 bridgehead atoms. The fourth-order valence-corrected chi connectivity index (χ4v) is 3.19. The molecule has 0 atom stereocenters. The van der Waals surface area contributed by atoms with Crippen LogP contribution in [0.1, 0.15) is 34.3 Å². The molecule has 7 heteroatoms. The number of aryl methyl sites for hydroxylation is 1. The standard InChI is InChI=1S/C19H23N5O2/c1-13-9-16(11-21-10-13)19(26)23-12-15-3-2-6-22-18(15)24-7-4-14(5-8-24)17(20)25/h2-3,6,9-11,14H,4-5,7-8,12H2,1H3,(H2,20,25)(H,23,26). The lowest BCUT2D eigenvalue weighted by atomic mass is 9.96. The Morgan fingerprint density at radius 3 is 2.77 bits per heavy atom. The molecular formula is C19H23N5O2. The second-order valence-electron chi connectivity index (χ2n) is 6.58. The summed E-state index contributed by atoms with van der Waals surface area (Å²) in [6.07, 6.45) is 6.47. The van der Waals surface area contributed by atoms with Gasteiger partial charge in [0.05, 0.1) is 5.56 Å². The van der Waals surface area contributed by atoms with Crippen LogP contribution in [0.4, 0.5) is 5.82 Å². The molecule has 3 heterocycles. The van der Waals surface area contributed by atoms with Gasteiger partial charge in [0.15, 0.2) is 0 Å². The maximum Gasteiger partial charge on any atom is 0.253 e. The van der Waals surface area contributed by atoms with Gasteiger partial charge in [-0.05, 0) is 37.5 Å². The predicted molar refractivity (Wildman–Crippen MR) is 98.5 cm³/mol. The topological polar surface area (TPSA) is 101 Å². The summed E-state index contributed by atoms with van der Waals surface area (Å²) in [7, 11) is 0. The number of carbonyl (C=O) groups excluding carboxylic acids is 2. The van der Waals surface area contributed by atoms with E-state index in [4.69, 9.17) is 5.73 Å². The Kier molecular flexibility index (Phi) is 5.46. The van der Waals surface area contributed by atoms with E-state index in [9.17, 15) is 9.59 Å². The highest BCUT2D eigenvalue weighted by molar-refractivity contribution is 5.94. The molecule has 7 nitrogen and oxygen atoms in total. The van der Waals surface area contributed by atoms with Crippen molar-refractivity contribution in [1.29, 1.82) is 0 Å². The number of primary amides is 1. The van der Waals surface area contributed by atoms with Crippen molar-refractivity contribution in [2.75, 3.05) is 18.0 Å². The minimum absolute atomic E-state index is 0.0630. The lowest BCUT2D eigenvalue weighted by Crippen LogP contribution is -2.39. The van der Waals surface area contributed by atoms with Gasteiger partial charge in [-0.15, -0.1) is 0 Å². The first-order valence-corrected chi connectivity index (χ1v) is 8.72. The van der Waals surface area contributed by atoms with Gasteiger partial charge < -0.3 is 16.0 Å². The van der Waals surface area contributed by atoms with Crippen LogP contribution in [0.3, 0.4) is 0 Å². The second kappa shape index (κ2) is 7.95. The quantitative estimate of drug-likeness (QED) is 0.846. The highest BCUT2D eigenvalue weighted by Gasteiger charge is 2.25. The summed E-state index contributed by atoms with van der Waals surface area (Å²) in [4.78, 5) is 34.4. The van der Waals surface area contributed by atoms with E-state index in [0.29, 0.717) is 12.1 Å². The highest BCUT2D eigenvalue weighted by Crippen LogP contribution is 2.24. The summed E-state index contributed by atoms with van der Waals surface area (Å²) < 4.78 is 0. The molecule has 2 aromatic rings. The van der Waals surface area contributed by atoms with E-state index in [2.05, 4.69) is 20.2 Å². The first-order chi connectivity index (χ1) is 12.5. The normalized spacial score (nSPS) is 14.9. The van der Waals surface area contributed by atoms with Gasteiger partial charge in [0, 0.05) is 49.7 Å². The summed E-state index contributed by atoms with van der Waals surface area (Å²) in [6, 6.07) is 5.62. The number of hydrogen-bond acceptors (Lipinski definition) is 5. The molecule has 2 aromatic heterocycles. The number of aromatic nitrogens is 2. The molecule has 0 aliphatic carbocycles. The number of anilines is 1. The van der Waals surface area contributed by atoms with Gasteiger partial charge in [0.25, 0.3) is 5.91 Å². The Morgan fingerprint density at radius 2 is 2.08 bits per heavy atom. The molecule has 2 amide bonds. The van der Waals surface area contributed by atoms with E-state index in [1.165, 1.54) is 0 Å². The van der Waals surface area contributed by atoms with Crippen LogP contribution in [0.2, 0.25) is 0 Å². The van der Waals surface area contributed by atoms with Gasteiger partial charge in [-0.3, -0.25) is 14.6 Å². The first kappa shape index (κ1) is 17.8. The van der Waals surface area contributed by atoms with Gasteiger partial charge >= 0.3 is 0 Å². The average Bonchev–Trinajstić information content (AvgIpc) is 2.66. The Morgan fingerprint density at radius 1 is 1.31 bits per heavy atom. The molecule has 1 fully saturated rings. The number of hydrogen-bond donors (Lipinski definition) is 2. The first-order valence-electron chi connectivity index (χ1n) is 8.72. The zero-order chi connectivity index (χ0) is 18.5. The van der Waals surface area contributed by atoms with Gasteiger partial charge in [0.1, 0.15) is 5.82 Å². The minimum Gasteiger partial charge on any atom is -0.369 e. The van der Waals surface area contributed by atoms with Crippen molar-refractivity contribution in [3.63, 3.8) is 0 Å². The van der Waals surface area contributed by atoms with Crippen molar-refractivity contribution in [3.05, 3.63) is 53.5 Å². The van der Waals surface area contributed by atoms with Crippen molar-refractivity contribution in [1.82, 2.24) is 15.3 Å². The van der Waals surface area contributed by atoms with Crippen LogP contribution < -0.4 is 16.0 Å². The van der Waals surface area contributed by atoms with Gasteiger partial charge in [0.2, 0.25) is 5.91 Å². The number of carbonyl (C=O) groups is 2. The third kappa shape index (κ3) is 4.17. The number of nitrogens with zero attached hydrogens (tertiary/aromatic N) is 3. The third-order valence-electron chi connectivity index (χ3n) is 4.64. The largest absolute Gasteiger partial charge is 0.369 e. The predicted octanol–water partition coefficient (Wildman–Crippen LogP) is 1.42. The van der Waals surface area contributed by atoms with E-state index in [0.717, 1.165) is 42.9 Å². The van der Waals surface area contributed by atoms with Crippen LogP contribution in [0.5, 0.6) is 0 Å². The number of piperidine rings is 1. The van der Waals surface area contributed by atoms with Crippen molar-refractivity contribution in [3.8, 4) is 0 Å². The van der Waals surface area contributed by atoms with E-state index in [1.807, 2.05) is 19.1 Å². The Balaban J connectivity index is 1.66. The molecule has 0 saturated carbocycles. The van der Waals surface area contributed by atoms with E-state index < -0.39 is 0 Å². The van der Waals surface area contributed by atoms with Gasteiger partial charge in [-0.25, -0.2) is 4.98 Å². The van der Waals surface area contributed by atoms with Crippen LogP contribution in [0.25, 0.3) is 0 Å². The monoisotopic (exact) mass is 353 g/mol. The molecule has 0 unspecified atom stereocenters. The molecule has 136 valence electrons. The molecule has 1 aliphatic rings. The molecule has 3 rings (SSSR count). The average molecular weight is 353 g/mol. The summed E-state index contributed by atoms with van der Waals surface area (Å²) in [5, 5.41) is 2.93.